The SMILES string of the molecule is CCCCCCCN1C(=C=Cc2c(O)n(CC)c(=S)n(CC)c2=O)C(C)(C)c2cc(SOOC)ccc21. The zero-order valence-electron chi connectivity index (χ0n) is 22.8. The molecule has 0 unspecified atom stereocenters. The van der Waals surface area contributed by atoms with Gasteiger partial charge in [0.05, 0.1) is 24.8 Å². The molecule has 0 saturated heterocycles. The maximum absolute atomic E-state index is 13.2. The number of benzene rings is 1. The van der Waals surface area contributed by atoms with Crippen molar-refractivity contribution in [3.8, 4) is 5.88 Å². The third-order valence-electron chi connectivity index (χ3n) is 6.90. The second-order valence-electron chi connectivity index (χ2n) is 9.64. The summed E-state index contributed by atoms with van der Waals surface area (Å²) in [5, 5.41) is 10.9. The number of unbranched alkanes of at least 4 members (excludes halogenated alkanes) is 4. The maximum atomic E-state index is 13.2. The highest BCUT2D eigenvalue weighted by molar-refractivity contribution is 7.94. The van der Waals surface area contributed by atoms with Gasteiger partial charge in [-0.2, -0.15) is 4.33 Å². The van der Waals surface area contributed by atoms with E-state index in [0.717, 1.165) is 41.2 Å². The Balaban J connectivity index is 2.14. The molecule has 0 fully saturated rings. The lowest BCUT2D eigenvalue weighted by Crippen LogP contribution is -2.27. The molecule has 1 aliphatic heterocycles. The highest BCUT2D eigenvalue weighted by atomic mass is 32.2. The first kappa shape index (κ1) is 29.3. The van der Waals surface area contributed by atoms with E-state index in [1.807, 2.05) is 19.9 Å². The van der Waals surface area contributed by atoms with E-state index in [4.69, 9.17) is 21.4 Å². The standard InChI is InChI=1S/C28H39N3O4S2/c1-7-10-11-12-13-18-31-23-16-14-20(37-35-34-6)19-22(23)28(4,5)24(31)17-15-21-25(32)29(8-2)27(36)30(9-3)26(21)33/h14-16,19,32H,7-13,18H2,1-6H3. The van der Waals surface area contributed by atoms with E-state index >= 15 is 0 Å². The zero-order valence-corrected chi connectivity index (χ0v) is 24.4. The molecule has 1 aromatic heterocycles. The van der Waals surface area contributed by atoms with E-state index in [9.17, 15) is 9.90 Å². The first-order chi connectivity index (χ1) is 17.7. The number of aromatic hydroxyl groups is 1. The molecular formula is C28H39N3O4S2. The topological polar surface area (TPSA) is 68.9 Å². The van der Waals surface area contributed by atoms with E-state index in [2.05, 4.69) is 43.5 Å². The quantitative estimate of drug-likeness (QED) is 0.0771. The zero-order chi connectivity index (χ0) is 27.2. The largest absolute Gasteiger partial charge is 0.494 e. The van der Waals surface area contributed by atoms with E-state index in [-0.39, 0.29) is 22.4 Å². The third kappa shape index (κ3) is 6.07. The van der Waals surface area contributed by atoms with Crippen molar-refractivity contribution in [3.63, 3.8) is 0 Å². The first-order valence-electron chi connectivity index (χ1n) is 13.1. The average molecular weight is 546 g/mol. The number of allylic oxidation sites excluding steroid dienone is 1. The normalized spacial score (nSPS) is 14.1. The van der Waals surface area contributed by atoms with Crippen LogP contribution >= 0.6 is 24.3 Å². The van der Waals surface area contributed by atoms with Crippen LogP contribution in [0.5, 0.6) is 5.88 Å². The number of hydrogen-bond acceptors (Lipinski definition) is 7. The summed E-state index contributed by atoms with van der Waals surface area (Å²) in [5.41, 5.74) is 6.19. The van der Waals surface area contributed by atoms with Crippen LogP contribution in [0.1, 0.15) is 77.8 Å². The van der Waals surface area contributed by atoms with E-state index < -0.39 is 0 Å². The fraction of sp³-hybridized carbons (Fsp3) is 0.536. The van der Waals surface area contributed by atoms with Gasteiger partial charge in [-0.05, 0) is 70.1 Å². The van der Waals surface area contributed by atoms with E-state index in [0.29, 0.717) is 17.9 Å². The van der Waals surface area contributed by atoms with Crippen LogP contribution in [0.15, 0.2) is 39.3 Å². The van der Waals surface area contributed by atoms with Crippen molar-refractivity contribution in [3.05, 3.63) is 55.9 Å². The van der Waals surface area contributed by atoms with Crippen molar-refractivity contribution in [1.29, 1.82) is 0 Å². The lowest BCUT2D eigenvalue weighted by Gasteiger charge is -2.25. The van der Waals surface area contributed by atoms with Gasteiger partial charge in [0, 0.05) is 41.7 Å². The van der Waals surface area contributed by atoms with Gasteiger partial charge >= 0.3 is 0 Å². The van der Waals surface area contributed by atoms with Crippen molar-refractivity contribution < 1.29 is 14.3 Å². The number of fused-ring (bicyclic) bond motifs is 1. The minimum Gasteiger partial charge on any atom is -0.494 e. The Morgan fingerprint density at radius 3 is 2.46 bits per heavy atom. The number of hydrogen-bond donors (Lipinski definition) is 1. The third-order valence-corrected chi connectivity index (χ3v) is 7.99. The lowest BCUT2D eigenvalue weighted by molar-refractivity contribution is -0.160. The molecule has 1 N–H and O–H groups in total. The van der Waals surface area contributed by atoms with Gasteiger partial charge in [0.15, 0.2) is 4.77 Å². The second-order valence-corrected chi connectivity index (χ2v) is 10.8. The Bertz CT molecular complexity index is 1290. The van der Waals surface area contributed by atoms with Crippen LogP contribution in [0.3, 0.4) is 0 Å². The van der Waals surface area contributed by atoms with Crippen LogP contribution in [-0.4, -0.2) is 27.9 Å². The predicted molar refractivity (Wildman–Crippen MR) is 154 cm³/mol. The Morgan fingerprint density at radius 2 is 1.81 bits per heavy atom. The van der Waals surface area contributed by atoms with Crippen molar-refractivity contribution in [2.24, 2.45) is 0 Å². The molecule has 0 spiro atoms. The summed E-state index contributed by atoms with van der Waals surface area (Å²) in [6.45, 7) is 12.1. The predicted octanol–water partition coefficient (Wildman–Crippen LogP) is 6.97. The molecule has 9 heteroatoms. The smallest absolute Gasteiger partial charge is 0.266 e. The summed E-state index contributed by atoms with van der Waals surface area (Å²) in [4.78, 5) is 21.2. The van der Waals surface area contributed by atoms with Crippen molar-refractivity contribution in [1.82, 2.24) is 9.13 Å². The highest BCUT2D eigenvalue weighted by Gasteiger charge is 2.40. The van der Waals surface area contributed by atoms with E-state index in [1.165, 1.54) is 43.0 Å². The molecular weight excluding hydrogens is 506 g/mol. The molecule has 202 valence electrons. The number of anilines is 1. The molecule has 0 atom stereocenters. The summed E-state index contributed by atoms with van der Waals surface area (Å²) in [6.07, 6.45) is 7.50. The Hall–Kier alpha value is -2.29. The number of rotatable bonds is 12. The Kier molecular flexibility index (Phi) is 10.3. The molecule has 1 aliphatic rings. The average Bonchev–Trinajstić information content (AvgIpc) is 3.08. The van der Waals surface area contributed by atoms with Crippen LogP contribution in [0.2, 0.25) is 0 Å². The highest BCUT2D eigenvalue weighted by Crippen LogP contribution is 2.48. The maximum Gasteiger partial charge on any atom is 0.266 e. The molecule has 0 bridgehead atoms. The molecule has 2 heterocycles. The van der Waals surface area contributed by atoms with Gasteiger partial charge in [-0.3, -0.25) is 13.9 Å². The summed E-state index contributed by atoms with van der Waals surface area (Å²) < 4.78 is 8.50. The monoisotopic (exact) mass is 545 g/mol. The van der Waals surface area contributed by atoms with Gasteiger partial charge in [-0.1, -0.05) is 38.3 Å². The van der Waals surface area contributed by atoms with Crippen molar-refractivity contribution in [2.45, 2.75) is 90.1 Å². The van der Waals surface area contributed by atoms with Crippen LogP contribution in [-0.2, 0) is 27.7 Å². The molecule has 1 aromatic carbocycles. The van der Waals surface area contributed by atoms with Gasteiger partial charge in [0.2, 0.25) is 5.88 Å². The minimum absolute atomic E-state index is 0.120. The van der Waals surface area contributed by atoms with Crippen LogP contribution in [0.4, 0.5) is 5.69 Å². The van der Waals surface area contributed by atoms with Gasteiger partial charge in [0.1, 0.15) is 5.56 Å². The van der Waals surface area contributed by atoms with Crippen LogP contribution < -0.4 is 10.5 Å². The van der Waals surface area contributed by atoms with Gasteiger partial charge < -0.3 is 10.0 Å². The summed E-state index contributed by atoms with van der Waals surface area (Å²) in [7, 11) is 1.49. The van der Waals surface area contributed by atoms with Gasteiger partial charge in [-0.15, -0.1) is 0 Å². The molecule has 3 rings (SSSR count). The summed E-state index contributed by atoms with van der Waals surface area (Å²) >= 11 is 6.61. The summed E-state index contributed by atoms with van der Waals surface area (Å²) in [5.74, 6) is -0.120. The molecule has 2 aromatic rings. The van der Waals surface area contributed by atoms with E-state index in [1.54, 1.807) is 10.6 Å². The Labute approximate surface area is 229 Å². The number of nitrogens with zero attached hydrogens (tertiary/aromatic N) is 3. The minimum atomic E-state index is -0.378. The molecule has 0 amide bonds. The first-order valence-corrected chi connectivity index (χ1v) is 14.2. The molecule has 37 heavy (non-hydrogen) atoms. The lowest BCUT2D eigenvalue weighted by atomic mass is 9.84. The van der Waals surface area contributed by atoms with Crippen molar-refractivity contribution >= 4 is 36.0 Å². The molecule has 0 saturated carbocycles. The van der Waals surface area contributed by atoms with Crippen LogP contribution in [0.25, 0.3) is 6.08 Å². The van der Waals surface area contributed by atoms with Gasteiger partial charge in [0.25, 0.3) is 5.56 Å². The number of aromatic nitrogens is 2. The molecule has 0 aliphatic carbocycles. The molecule has 0 radical (unpaired) electrons. The fourth-order valence-electron chi connectivity index (χ4n) is 4.87. The molecule has 7 nitrogen and oxygen atoms in total. The van der Waals surface area contributed by atoms with Crippen molar-refractivity contribution in [2.75, 3.05) is 18.6 Å². The fourth-order valence-corrected chi connectivity index (χ4v) is 5.73. The Morgan fingerprint density at radius 1 is 1.11 bits per heavy atom. The second kappa shape index (κ2) is 13.0. The van der Waals surface area contributed by atoms with Crippen LogP contribution in [0, 0.1) is 4.77 Å². The summed E-state index contributed by atoms with van der Waals surface area (Å²) in [6, 6.07) is 6.25. The van der Waals surface area contributed by atoms with Gasteiger partial charge in [-0.25, -0.2) is 4.89 Å².